The highest BCUT2D eigenvalue weighted by Gasteiger charge is 2.45. The largest absolute Gasteiger partial charge is 0.496 e. The SMILES string of the molecule is COc1ccc(OC(=O)[C@H]2C[C@H]3CC[C@H]2O3)cc1C. The van der Waals surface area contributed by atoms with Crippen molar-refractivity contribution in [2.24, 2.45) is 5.92 Å². The molecule has 2 heterocycles. The Morgan fingerprint density at radius 3 is 2.79 bits per heavy atom. The van der Waals surface area contributed by atoms with Crippen molar-refractivity contribution in [1.29, 1.82) is 0 Å². The van der Waals surface area contributed by atoms with E-state index in [1.165, 1.54) is 0 Å². The topological polar surface area (TPSA) is 44.8 Å². The highest BCUT2D eigenvalue weighted by atomic mass is 16.5. The van der Waals surface area contributed by atoms with Crippen LogP contribution in [0, 0.1) is 12.8 Å². The van der Waals surface area contributed by atoms with E-state index in [-0.39, 0.29) is 24.1 Å². The fourth-order valence-corrected chi connectivity index (χ4v) is 2.99. The van der Waals surface area contributed by atoms with Gasteiger partial charge in [0, 0.05) is 0 Å². The summed E-state index contributed by atoms with van der Waals surface area (Å²) in [4.78, 5) is 12.1. The van der Waals surface area contributed by atoms with Gasteiger partial charge in [0.05, 0.1) is 25.2 Å². The van der Waals surface area contributed by atoms with E-state index >= 15 is 0 Å². The van der Waals surface area contributed by atoms with Gasteiger partial charge in [-0.2, -0.15) is 0 Å². The molecule has 2 fully saturated rings. The van der Waals surface area contributed by atoms with E-state index in [4.69, 9.17) is 14.2 Å². The van der Waals surface area contributed by atoms with Gasteiger partial charge in [0.2, 0.25) is 0 Å². The van der Waals surface area contributed by atoms with E-state index in [0.717, 1.165) is 30.6 Å². The number of carbonyl (C=O) groups is 1. The molecule has 0 amide bonds. The summed E-state index contributed by atoms with van der Waals surface area (Å²) < 4.78 is 16.3. The molecule has 1 aromatic carbocycles. The minimum absolute atomic E-state index is 0.0665. The number of ether oxygens (including phenoxy) is 3. The molecule has 3 atom stereocenters. The summed E-state index contributed by atoms with van der Waals surface area (Å²) in [5.74, 6) is 1.10. The first kappa shape index (κ1) is 12.5. The van der Waals surface area contributed by atoms with Gasteiger partial charge in [-0.15, -0.1) is 0 Å². The lowest BCUT2D eigenvalue weighted by Gasteiger charge is -2.17. The Kier molecular flexibility index (Phi) is 3.19. The maximum atomic E-state index is 12.1. The van der Waals surface area contributed by atoms with Crippen molar-refractivity contribution in [1.82, 2.24) is 0 Å². The van der Waals surface area contributed by atoms with Crippen LogP contribution in [-0.2, 0) is 9.53 Å². The normalized spacial score (nSPS) is 28.4. The molecule has 4 heteroatoms. The summed E-state index contributed by atoms with van der Waals surface area (Å²) in [6.07, 6.45) is 3.19. The average Bonchev–Trinajstić information content (AvgIpc) is 3.01. The number of hydrogen-bond donors (Lipinski definition) is 0. The van der Waals surface area contributed by atoms with Crippen LogP contribution in [0.25, 0.3) is 0 Å². The van der Waals surface area contributed by atoms with Crippen LogP contribution in [-0.4, -0.2) is 25.3 Å². The first-order valence-electron chi connectivity index (χ1n) is 6.69. The van der Waals surface area contributed by atoms with Gasteiger partial charge in [-0.05, 0) is 49.9 Å². The summed E-state index contributed by atoms with van der Waals surface area (Å²) in [7, 11) is 1.63. The average molecular weight is 262 g/mol. The van der Waals surface area contributed by atoms with Crippen LogP contribution in [0.5, 0.6) is 11.5 Å². The van der Waals surface area contributed by atoms with Crippen LogP contribution >= 0.6 is 0 Å². The molecule has 0 aliphatic carbocycles. The van der Waals surface area contributed by atoms with Crippen molar-refractivity contribution in [3.05, 3.63) is 23.8 Å². The molecule has 19 heavy (non-hydrogen) atoms. The Morgan fingerprint density at radius 2 is 2.21 bits per heavy atom. The molecule has 102 valence electrons. The van der Waals surface area contributed by atoms with E-state index in [2.05, 4.69) is 0 Å². The van der Waals surface area contributed by atoms with Crippen LogP contribution in [0.2, 0.25) is 0 Å². The molecule has 2 bridgehead atoms. The van der Waals surface area contributed by atoms with Gasteiger partial charge < -0.3 is 14.2 Å². The van der Waals surface area contributed by atoms with E-state index in [1.54, 1.807) is 13.2 Å². The third-order valence-corrected chi connectivity index (χ3v) is 3.99. The Labute approximate surface area is 112 Å². The zero-order chi connectivity index (χ0) is 13.4. The number of methoxy groups -OCH3 is 1. The van der Waals surface area contributed by atoms with Crippen LogP contribution in [0.3, 0.4) is 0 Å². The highest BCUT2D eigenvalue weighted by molar-refractivity contribution is 5.76. The number of carbonyl (C=O) groups excluding carboxylic acids is 1. The molecule has 0 aromatic heterocycles. The van der Waals surface area contributed by atoms with Crippen LogP contribution in [0.1, 0.15) is 24.8 Å². The van der Waals surface area contributed by atoms with Crippen molar-refractivity contribution in [2.45, 2.75) is 38.4 Å². The van der Waals surface area contributed by atoms with Gasteiger partial charge in [0.1, 0.15) is 11.5 Å². The molecule has 1 aromatic rings. The molecule has 0 radical (unpaired) electrons. The molecule has 0 saturated carbocycles. The third kappa shape index (κ3) is 2.32. The predicted octanol–water partition coefficient (Wildman–Crippen LogP) is 2.48. The smallest absolute Gasteiger partial charge is 0.317 e. The van der Waals surface area contributed by atoms with Crippen molar-refractivity contribution < 1.29 is 19.0 Å². The Morgan fingerprint density at radius 1 is 1.37 bits per heavy atom. The molecule has 3 rings (SSSR count). The quantitative estimate of drug-likeness (QED) is 0.620. The van der Waals surface area contributed by atoms with E-state index in [9.17, 15) is 4.79 Å². The molecule has 2 saturated heterocycles. The molecule has 2 aliphatic heterocycles. The number of hydrogen-bond acceptors (Lipinski definition) is 4. The first-order chi connectivity index (χ1) is 9.17. The van der Waals surface area contributed by atoms with Gasteiger partial charge in [0.15, 0.2) is 0 Å². The van der Waals surface area contributed by atoms with Crippen LogP contribution in [0.4, 0.5) is 0 Å². The predicted molar refractivity (Wildman–Crippen MR) is 69.4 cm³/mol. The van der Waals surface area contributed by atoms with Crippen LogP contribution < -0.4 is 9.47 Å². The molecule has 2 aliphatic rings. The maximum Gasteiger partial charge on any atom is 0.317 e. The van der Waals surface area contributed by atoms with E-state index in [1.807, 2.05) is 19.1 Å². The number of aryl methyl sites for hydroxylation is 1. The number of fused-ring (bicyclic) bond motifs is 2. The monoisotopic (exact) mass is 262 g/mol. The number of benzene rings is 1. The Hall–Kier alpha value is -1.55. The van der Waals surface area contributed by atoms with Gasteiger partial charge >= 0.3 is 5.97 Å². The van der Waals surface area contributed by atoms with Crippen LogP contribution in [0.15, 0.2) is 18.2 Å². The highest BCUT2D eigenvalue weighted by Crippen LogP contribution is 2.39. The van der Waals surface area contributed by atoms with Crippen molar-refractivity contribution in [2.75, 3.05) is 7.11 Å². The third-order valence-electron chi connectivity index (χ3n) is 3.99. The van der Waals surface area contributed by atoms with E-state index in [0.29, 0.717) is 5.75 Å². The van der Waals surface area contributed by atoms with Gasteiger partial charge in [-0.3, -0.25) is 4.79 Å². The lowest BCUT2D eigenvalue weighted by Crippen LogP contribution is -2.29. The minimum Gasteiger partial charge on any atom is -0.496 e. The minimum atomic E-state index is -0.170. The number of esters is 1. The second-order valence-corrected chi connectivity index (χ2v) is 5.27. The Bertz CT molecular complexity index is 497. The second kappa shape index (κ2) is 4.85. The zero-order valence-corrected chi connectivity index (χ0v) is 11.2. The van der Waals surface area contributed by atoms with Gasteiger partial charge in [0.25, 0.3) is 0 Å². The second-order valence-electron chi connectivity index (χ2n) is 5.27. The molecule has 0 spiro atoms. The fraction of sp³-hybridized carbons (Fsp3) is 0.533. The van der Waals surface area contributed by atoms with Crippen molar-refractivity contribution in [3.63, 3.8) is 0 Å². The summed E-state index contributed by atoms with van der Waals surface area (Å²) >= 11 is 0. The summed E-state index contributed by atoms with van der Waals surface area (Å²) in [5, 5.41) is 0. The Balaban J connectivity index is 1.68. The lowest BCUT2D eigenvalue weighted by molar-refractivity contribution is -0.140. The summed E-state index contributed by atoms with van der Waals surface area (Å²) in [6, 6.07) is 5.40. The van der Waals surface area contributed by atoms with E-state index < -0.39 is 0 Å². The summed E-state index contributed by atoms with van der Waals surface area (Å²) in [5.41, 5.74) is 0.956. The first-order valence-corrected chi connectivity index (χ1v) is 6.69. The lowest BCUT2D eigenvalue weighted by atomic mass is 9.89. The number of rotatable bonds is 3. The molecule has 0 N–H and O–H groups in total. The maximum absolute atomic E-state index is 12.1. The zero-order valence-electron chi connectivity index (χ0n) is 11.2. The molecule has 4 nitrogen and oxygen atoms in total. The van der Waals surface area contributed by atoms with Gasteiger partial charge in [-0.25, -0.2) is 0 Å². The van der Waals surface area contributed by atoms with Gasteiger partial charge in [-0.1, -0.05) is 0 Å². The standard InChI is InChI=1S/C15H18O4/c1-9-7-10(3-5-13(9)17-2)19-15(16)12-8-11-4-6-14(12)18-11/h3,5,7,11-12,14H,4,6,8H2,1-2H3/t11-,12+,14-/m1/s1. The van der Waals surface area contributed by atoms with Crippen molar-refractivity contribution >= 4 is 5.97 Å². The molecule has 0 unspecified atom stereocenters. The molecular weight excluding hydrogens is 244 g/mol. The fourth-order valence-electron chi connectivity index (χ4n) is 2.99. The molecular formula is C15H18O4. The van der Waals surface area contributed by atoms with Crippen molar-refractivity contribution in [3.8, 4) is 11.5 Å². The summed E-state index contributed by atoms with van der Waals surface area (Å²) in [6.45, 7) is 1.93.